The summed E-state index contributed by atoms with van der Waals surface area (Å²) in [6.45, 7) is 0. The first-order chi connectivity index (χ1) is 13.5. The Morgan fingerprint density at radius 2 is 1.64 bits per heavy atom. The molecule has 0 saturated carbocycles. The molecule has 8 heteroatoms. The van der Waals surface area contributed by atoms with E-state index in [1.807, 2.05) is 48.5 Å². The minimum Gasteiger partial charge on any atom is -0.457 e. The van der Waals surface area contributed by atoms with Crippen LogP contribution in [0, 0.1) is 0 Å². The van der Waals surface area contributed by atoms with Gasteiger partial charge in [-0.1, -0.05) is 18.2 Å². The van der Waals surface area contributed by atoms with E-state index < -0.39 is 10.0 Å². The van der Waals surface area contributed by atoms with Gasteiger partial charge in [0.2, 0.25) is 16.0 Å². The number of fused-ring (bicyclic) bond motifs is 1. The number of nitrogens with zero attached hydrogens (tertiary/aromatic N) is 2. The van der Waals surface area contributed by atoms with Gasteiger partial charge in [0.15, 0.2) is 0 Å². The monoisotopic (exact) mass is 392 g/mol. The molecule has 0 saturated heterocycles. The molecule has 7 nitrogen and oxygen atoms in total. The molecule has 3 aromatic carbocycles. The third-order valence-electron chi connectivity index (χ3n) is 3.97. The smallest absolute Gasteiger partial charge is 0.238 e. The van der Waals surface area contributed by atoms with Crippen molar-refractivity contribution < 1.29 is 13.2 Å². The lowest BCUT2D eigenvalue weighted by molar-refractivity contribution is 0.483. The Kier molecular flexibility index (Phi) is 4.64. The molecule has 0 aliphatic heterocycles. The van der Waals surface area contributed by atoms with Crippen molar-refractivity contribution >= 4 is 32.6 Å². The molecule has 0 aliphatic carbocycles. The van der Waals surface area contributed by atoms with Crippen molar-refractivity contribution in [1.82, 2.24) is 9.97 Å². The molecular weight excluding hydrogens is 376 g/mol. The van der Waals surface area contributed by atoms with Crippen LogP contribution in [0.4, 0.5) is 11.6 Å². The minimum atomic E-state index is -3.72. The number of hydrogen-bond acceptors (Lipinski definition) is 6. The van der Waals surface area contributed by atoms with E-state index in [9.17, 15) is 8.42 Å². The van der Waals surface area contributed by atoms with Crippen LogP contribution in [0.25, 0.3) is 10.9 Å². The second-order valence-corrected chi connectivity index (χ2v) is 7.59. The summed E-state index contributed by atoms with van der Waals surface area (Å²) in [6, 6.07) is 21.1. The van der Waals surface area contributed by atoms with Gasteiger partial charge in [0.1, 0.15) is 11.5 Å². The number of sulfonamides is 1. The average molecular weight is 392 g/mol. The summed E-state index contributed by atoms with van der Waals surface area (Å²) in [5, 5.41) is 9.02. The fraction of sp³-hybridized carbons (Fsp3) is 0. The normalized spacial score (nSPS) is 11.3. The Balaban J connectivity index is 1.58. The summed E-state index contributed by atoms with van der Waals surface area (Å²) in [5.74, 6) is 1.79. The summed E-state index contributed by atoms with van der Waals surface area (Å²) in [4.78, 5) is 8.82. The first-order valence-corrected chi connectivity index (χ1v) is 9.92. The Labute approximate surface area is 161 Å². The average Bonchev–Trinajstić information content (AvgIpc) is 2.68. The maximum Gasteiger partial charge on any atom is 0.238 e. The zero-order chi connectivity index (χ0) is 19.6. The third kappa shape index (κ3) is 4.08. The fourth-order valence-corrected chi connectivity index (χ4v) is 3.12. The summed E-state index contributed by atoms with van der Waals surface area (Å²) >= 11 is 0. The van der Waals surface area contributed by atoms with Gasteiger partial charge < -0.3 is 10.1 Å². The van der Waals surface area contributed by atoms with Gasteiger partial charge >= 0.3 is 0 Å². The van der Waals surface area contributed by atoms with Crippen molar-refractivity contribution in [3.63, 3.8) is 0 Å². The van der Waals surface area contributed by atoms with Gasteiger partial charge in [-0.05, 0) is 48.5 Å². The van der Waals surface area contributed by atoms with Crippen molar-refractivity contribution in [1.29, 1.82) is 0 Å². The van der Waals surface area contributed by atoms with Gasteiger partial charge in [-0.2, -0.15) is 0 Å². The van der Waals surface area contributed by atoms with Gasteiger partial charge in [0.05, 0.1) is 10.4 Å². The second kappa shape index (κ2) is 7.26. The number of para-hydroxylation sites is 1. The second-order valence-electron chi connectivity index (χ2n) is 6.02. The summed E-state index contributed by atoms with van der Waals surface area (Å²) in [5.41, 5.74) is 1.36. The predicted molar refractivity (Wildman–Crippen MR) is 107 cm³/mol. The molecule has 28 heavy (non-hydrogen) atoms. The molecule has 0 atom stereocenters. The van der Waals surface area contributed by atoms with Gasteiger partial charge in [-0.25, -0.2) is 23.5 Å². The summed E-state index contributed by atoms with van der Waals surface area (Å²) in [7, 11) is -3.72. The maximum absolute atomic E-state index is 11.3. The standard InChI is InChI=1S/C20H16N4O3S/c21-28(25,26)18-10-7-15(8-11-18)23-20-22-13-14-6-9-17(12-19(14)24-20)27-16-4-2-1-3-5-16/h1-13H,(H2,21,25,26)(H,22,23,24). The van der Waals surface area contributed by atoms with E-state index in [1.54, 1.807) is 18.3 Å². The lowest BCUT2D eigenvalue weighted by atomic mass is 10.2. The zero-order valence-corrected chi connectivity index (χ0v) is 15.4. The van der Waals surface area contributed by atoms with Crippen molar-refractivity contribution in [3.8, 4) is 11.5 Å². The molecule has 0 bridgehead atoms. The van der Waals surface area contributed by atoms with Gasteiger partial charge in [0.25, 0.3) is 0 Å². The number of benzene rings is 3. The third-order valence-corrected chi connectivity index (χ3v) is 4.90. The number of rotatable bonds is 5. The van der Waals surface area contributed by atoms with Crippen molar-refractivity contribution in [2.75, 3.05) is 5.32 Å². The minimum absolute atomic E-state index is 0.0418. The highest BCUT2D eigenvalue weighted by molar-refractivity contribution is 7.89. The highest BCUT2D eigenvalue weighted by atomic mass is 32.2. The first-order valence-electron chi connectivity index (χ1n) is 8.37. The van der Waals surface area contributed by atoms with Crippen LogP contribution in [0.3, 0.4) is 0 Å². The van der Waals surface area contributed by atoms with Crippen molar-refractivity contribution in [2.24, 2.45) is 5.14 Å². The first kappa shape index (κ1) is 17.9. The number of anilines is 2. The molecule has 4 aromatic rings. The SMILES string of the molecule is NS(=O)(=O)c1ccc(Nc2ncc3ccc(Oc4ccccc4)cc3n2)cc1. The number of hydrogen-bond donors (Lipinski definition) is 2. The van der Waals surface area contributed by atoms with Crippen LogP contribution in [-0.4, -0.2) is 18.4 Å². The lowest BCUT2D eigenvalue weighted by Gasteiger charge is -2.08. The number of aromatic nitrogens is 2. The number of nitrogens with one attached hydrogen (secondary N) is 1. The van der Waals surface area contributed by atoms with Crippen molar-refractivity contribution in [3.05, 3.63) is 79.0 Å². The Bertz CT molecular complexity index is 1230. The molecule has 0 aliphatic rings. The highest BCUT2D eigenvalue weighted by Crippen LogP contribution is 2.25. The Hall–Kier alpha value is -3.49. The van der Waals surface area contributed by atoms with E-state index >= 15 is 0 Å². The Morgan fingerprint density at radius 3 is 2.36 bits per heavy atom. The van der Waals surface area contributed by atoms with E-state index in [2.05, 4.69) is 15.3 Å². The van der Waals surface area contributed by atoms with Crippen LogP contribution < -0.4 is 15.2 Å². The quantitative estimate of drug-likeness (QED) is 0.535. The predicted octanol–water partition coefficient (Wildman–Crippen LogP) is 3.81. The van der Waals surface area contributed by atoms with E-state index in [-0.39, 0.29) is 4.90 Å². The van der Waals surface area contributed by atoms with E-state index in [0.29, 0.717) is 22.9 Å². The largest absolute Gasteiger partial charge is 0.457 e. The number of nitrogens with two attached hydrogens (primary N) is 1. The number of primary sulfonamides is 1. The van der Waals surface area contributed by atoms with Crippen LogP contribution in [0.2, 0.25) is 0 Å². The zero-order valence-electron chi connectivity index (χ0n) is 14.6. The summed E-state index contributed by atoms with van der Waals surface area (Å²) in [6.07, 6.45) is 1.70. The van der Waals surface area contributed by atoms with Crippen LogP contribution >= 0.6 is 0 Å². The van der Waals surface area contributed by atoms with Gasteiger partial charge in [-0.3, -0.25) is 0 Å². The molecule has 3 N–H and O–H groups in total. The number of ether oxygens (including phenoxy) is 1. The topological polar surface area (TPSA) is 107 Å². The molecule has 140 valence electrons. The molecule has 1 aromatic heterocycles. The molecule has 0 radical (unpaired) electrons. The molecule has 0 unspecified atom stereocenters. The summed E-state index contributed by atoms with van der Waals surface area (Å²) < 4.78 is 28.5. The Morgan fingerprint density at radius 1 is 0.893 bits per heavy atom. The lowest BCUT2D eigenvalue weighted by Crippen LogP contribution is -2.11. The molecule has 4 rings (SSSR count). The molecule has 0 fully saturated rings. The van der Waals surface area contributed by atoms with Crippen molar-refractivity contribution in [2.45, 2.75) is 4.90 Å². The molecule has 1 heterocycles. The van der Waals surface area contributed by atoms with Crippen LogP contribution in [0.15, 0.2) is 83.9 Å². The molecule has 0 amide bonds. The van der Waals surface area contributed by atoms with Crippen LogP contribution in [0.1, 0.15) is 0 Å². The maximum atomic E-state index is 11.3. The fourth-order valence-electron chi connectivity index (χ4n) is 2.61. The highest BCUT2D eigenvalue weighted by Gasteiger charge is 2.08. The molecule has 0 spiro atoms. The van der Waals surface area contributed by atoms with Crippen LogP contribution in [0.5, 0.6) is 11.5 Å². The van der Waals surface area contributed by atoms with Crippen LogP contribution in [-0.2, 0) is 10.0 Å². The van der Waals surface area contributed by atoms with Gasteiger partial charge in [0, 0.05) is 23.3 Å². The van der Waals surface area contributed by atoms with Gasteiger partial charge in [-0.15, -0.1) is 0 Å². The van der Waals surface area contributed by atoms with E-state index in [1.165, 1.54) is 12.1 Å². The van der Waals surface area contributed by atoms with E-state index in [0.717, 1.165) is 11.1 Å². The molecular formula is C20H16N4O3S. The van der Waals surface area contributed by atoms with E-state index in [4.69, 9.17) is 9.88 Å².